The molecule has 1 radical (unpaired) electrons. The van der Waals surface area contributed by atoms with Gasteiger partial charge in [-0.05, 0) is 18.6 Å². The number of halogens is 2. The molecule has 1 aromatic carbocycles. The highest BCUT2D eigenvalue weighted by molar-refractivity contribution is 5.44. The van der Waals surface area contributed by atoms with Gasteiger partial charge in [-0.2, -0.15) is 8.78 Å². The second-order valence-corrected chi connectivity index (χ2v) is 3.28. The number of nitro groups is 1. The minimum atomic E-state index is -3.07. The van der Waals surface area contributed by atoms with Gasteiger partial charge in [0.2, 0.25) is 0 Å². The predicted octanol–water partition coefficient (Wildman–Crippen LogP) is 2.11. The SMILES string of the molecule is [CH2]C(CO)c1cc(OC(F)F)cc([N+](=O)[O-])c1. The Labute approximate surface area is 95.8 Å². The second kappa shape index (κ2) is 5.53. The Balaban J connectivity index is 3.13. The molecule has 0 spiro atoms. The number of alkyl halides is 2. The van der Waals surface area contributed by atoms with Crippen LogP contribution in [-0.4, -0.2) is 23.2 Å². The molecule has 93 valence electrons. The standard InChI is InChI=1S/C10H10F2NO4/c1-6(5-14)7-2-8(13(15)16)4-9(3-7)17-10(11)12/h2-4,6,10,14H,1,5H2. The predicted molar refractivity (Wildman–Crippen MR) is 54.9 cm³/mol. The molecule has 1 atom stereocenters. The number of rotatable bonds is 5. The van der Waals surface area contributed by atoms with Crippen molar-refractivity contribution in [1.82, 2.24) is 0 Å². The Bertz CT molecular complexity index is 411. The Kier molecular flexibility index (Phi) is 4.33. The van der Waals surface area contributed by atoms with Gasteiger partial charge < -0.3 is 9.84 Å². The molecule has 0 aromatic heterocycles. The molecule has 1 rings (SSSR count). The van der Waals surface area contributed by atoms with E-state index >= 15 is 0 Å². The minimum absolute atomic E-state index is 0.261. The molecule has 0 fully saturated rings. The molecule has 0 saturated carbocycles. The zero-order valence-corrected chi connectivity index (χ0v) is 8.68. The van der Waals surface area contributed by atoms with Gasteiger partial charge in [0.25, 0.3) is 5.69 Å². The van der Waals surface area contributed by atoms with Crippen LogP contribution in [0.1, 0.15) is 11.5 Å². The average molecular weight is 246 g/mol. The first-order valence-corrected chi connectivity index (χ1v) is 4.62. The third kappa shape index (κ3) is 3.63. The van der Waals surface area contributed by atoms with Gasteiger partial charge in [-0.3, -0.25) is 10.1 Å². The summed E-state index contributed by atoms with van der Waals surface area (Å²) < 4.78 is 28.1. The van der Waals surface area contributed by atoms with Crippen molar-refractivity contribution in [3.8, 4) is 5.75 Å². The Morgan fingerprint density at radius 1 is 1.47 bits per heavy atom. The largest absolute Gasteiger partial charge is 0.435 e. The molecule has 0 bridgehead atoms. The molecule has 0 heterocycles. The third-order valence-corrected chi connectivity index (χ3v) is 2.04. The van der Waals surface area contributed by atoms with Crippen LogP contribution in [0.5, 0.6) is 5.75 Å². The smallest absolute Gasteiger partial charge is 0.387 e. The molecule has 1 unspecified atom stereocenters. The number of aliphatic hydroxyl groups excluding tert-OH is 1. The Morgan fingerprint density at radius 3 is 2.59 bits per heavy atom. The summed E-state index contributed by atoms with van der Waals surface area (Å²) in [4.78, 5) is 9.85. The van der Waals surface area contributed by atoms with E-state index in [0.29, 0.717) is 0 Å². The Hall–Kier alpha value is -1.76. The topological polar surface area (TPSA) is 72.6 Å². The van der Waals surface area contributed by atoms with Gasteiger partial charge >= 0.3 is 6.61 Å². The maximum absolute atomic E-state index is 12.0. The minimum Gasteiger partial charge on any atom is -0.435 e. The summed E-state index contributed by atoms with van der Waals surface area (Å²) in [5.41, 5.74) is -0.127. The summed E-state index contributed by atoms with van der Waals surface area (Å²) in [7, 11) is 0. The van der Waals surface area contributed by atoms with Gasteiger partial charge in [0.15, 0.2) is 0 Å². The van der Waals surface area contributed by atoms with E-state index in [2.05, 4.69) is 11.7 Å². The summed E-state index contributed by atoms with van der Waals surface area (Å²) in [5, 5.41) is 19.5. The van der Waals surface area contributed by atoms with Gasteiger partial charge in [-0.25, -0.2) is 0 Å². The van der Waals surface area contributed by atoms with Crippen molar-refractivity contribution in [1.29, 1.82) is 0 Å². The summed E-state index contributed by atoms with van der Waals surface area (Å²) >= 11 is 0. The maximum Gasteiger partial charge on any atom is 0.387 e. The Morgan fingerprint density at radius 2 is 2.12 bits per heavy atom. The van der Waals surface area contributed by atoms with Crippen molar-refractivity contribution >= 4 is 5.69 Å². The molecule has 0 aliphatic heterocycles. The highest BCUT2D eigenvalue weighted by Crippen LogP contribution is 2.28. The van der Waals surface area contributed by atoms with Crippen LogP contribution in [-0.2, 0) is 0 Å². The maximum atomic E-state index is 12.0. The number of nitro benzene ring substituents is 1. The van der Waals surface area contributed by atoms with E-state index in [-0.39, 0.29) is 23.6 Å². The van der Waals surface area contributed by atoms with Crippen molar-refractivity contribution in [3.05, 3.63) is 40.8 Å². The van der Waals surface area contributed by atoms with E-state index in [1.54, 1.807) is 0 Å². The average Bonchev–Trinajstić information content (AvgIpc) is 2.26. The molecular formula is C10H10F2NO4. The zero-order chi connectivity index (χ0) is 13.0. The summed E-state index contributed by atoms with van der Waals surface area (Å²) in [5.74, 6) is -0.971. The highest BCUT2D eigenvalue weighted by atomic mass is 19.3. The first kappa shape index (κ1) is 13.3. The zero-order valence-electron chi connectivity index (χ0n) is 8.68. The quantitative estimate of drug-likeness (QED) is 0.637. The van der Waals surface area contributed by atoms with E-state index in [0.717, 1.165) is 12.1 Å². The fraction of sp³-hybridized carbons (Fsp3) is 0.300. The van der Waals surface area contributed by atoms with Crippen LogP contribution in [0.15, 0.2) is 18.2 Å². The number of benzene rings is 1. The van der Waals surface area contributed by atoms with Crippen LogP contribution in [0.3, 0.4) is 0 Å². The van der Waals surface area contributed by atoms with Crippen molar-refractivity contribution < 1.29 is 23.5 Å². The lowest BCUT2D eigenvalue weighted by atomic mass is 10.0. The molecule has 0 aliphatic rings. The van der Waals surface area contributed by atoms with E-state index < -0.39 is 17.5 Å². The van der Waals surface area contributed by atoms with E-state index in [4.69, 9.17) is 5.11 Å². The molecule has 1 N–H and O–H groups in total. The van der Waals surface area contributed by atoms with Crippen LogP contribution >= 0.6 is 0 Å². The summed E-state index contributed by atoms with van der Waals surface area (Å²) in [6, 6.07) is 3.24. The molecule has 0 saturated heterocycles. The number of nitrogens with zero attached hydrogens (tertiary/aromatic N) is 1. The summed E-state index contributed by atoms with van der Waals surface area (Å²) in [6.45, 7) is 0.113. The van der Waals surface area contributed by atoms with Crippen LogP contribution in [0, 0.1) is 17.0 Å². The van der Waals surface area contributed by atoms with Crippen LogP contribution in [0.25, 0.3) is 0 Å². The molecule has 0 aliphatic carbocycles. The first-order valence-electron chi connectivity index (χ1n) is 4.62. The van der Waals surface area contributed by atoms with E-state index in [1.807, 2.05) is 0 Å². The summed E-state index contributed by atoms with van der Waals surface area (Å²) in [6.07, 6.45) is 0. The van der Waals surface area contributed by atoms with Crippen molar-refractivity contribution in [2.45, 2.75) is 12.5 Å². The lowest BCUT2D eigenvalue weighted by Crippen LogP contribution is -2.05. The van der Waals surface area contributed by atoms with Crippen LogP contribution < -0.4 is 4.74 Å². The fourth-order valence-corrected chi connectivity index (χ4v) is 1.22. The highest BCUT2D eigenvalue weighted by Gasteiger charge is 2.16. The van der Waals surface area contributed by atoms with Crippen molar-refractivity contribution in [2.75, 3.05) is 6.61 Å². The van der Waals surface area contributed by atoms with Gasteiger partial charge in [0.05, 0.1) is 11.0 Å². The molecular weight excluding hydrogens is 236 g/mol. The van der Waals surface area contributed by atoms with E-state index in [9.17, 15) is 18.9 Å². The van der Waals surface area contributed by atoms with Gasteiger partial charge in [-0.15, -0.1) is 0 Å². The fourth-order valence-electron chi connectivity index (χ4n) is 1.22. The first-order chi connectivity index (χ1) is 7.93. The number of non-ortho nitro benzene ring substituents is 1. The lowest BCUT2D eigenvalue weighted by Gasteiger charge is -2.10. The lowest BCUT2D eigenvalue weighted by molar-refractivity contribution is -0.385. The normalized spacial score (nSPS) is 12.5. The van der Waals surface area contributed by atoms with Crippen LogP contribution in [0.2, 0.25) is 0 Å². The van der Waals surface area contributed by atoms with E-state index in [1.165, 1.54) is 6.07 Å². The second-order valence-electron chi connectivity index (χ2n) is 3.28. The molecule has 7 heteroatoms. The monoisotopic (exact) mass is 246 g/mol. The molecule has 1 aromatic rings. The number of ether oxygens (including phenoxy) is 1. The van der Waals surface area contributed by atoms with Crippen LogP contribution in [0.4, 0.5) is 14.5 Å². The molecule has 0 amide bonds. The molecule has 5 nitrogen and oxygen atoms in total. The number of aliphatic hydroxyl groups is 1. The number of hydrogen-bond donors (Lipinski definition) is 1. The molecule has 17 heavy (non-hydrogen) atoms. The van der Waals surface area contributed by atoms with Gasteiger partial charge in [-0.1, -0.05) is 0 Å². The number of hydrogen-bond acceptors (Lipinski definition) is 4. The van der Waals surface area contributed by atoms with Crippen molar-refractivity contribution in [2.24, 2.45) is 0 Å². The third-order valence-electron chi connectivity index (χ3n) is 2.04. The van der Waals surface area contributed by atoms with Gasteiger partial charge in [0.1, 0.15) is 5.75 Å². The van der Waals surface area contributed by atoms with Gasteiger partial charge in [0, 0.05) is 18.6 Å². The van der Waals surface area contributed by atoms with Crippen molar-refractivity contribution in [3.63, 3.8) is 0 Å².